The number of hydrogen-bond donors (Lipinski definition) is 0. The van der Waals surface area contributed by atoms with Crippen molar-refractivity contribution in [1.82, 2.24) is 24.9 Å². The highest BCUT2D eigenvalue weighted by molar-refractivity contribution is 6.13. The Morgan fingerprint density at radius 3 is 1.90 bits per heavy atom. The van der Waals surface area contributed by atoms with E-state index in [1.54, 1.807) is 12.4 Å². The van der Waals surface area contributed by atoms with Crippen LogP contribution in [-0.2, 0) is 5.41 Å². The summed E-state index contributed by atoms with van der Waals surface area (Å²) in [4.78, 5) is 23.6. The molecule has 3 aromatic carbocycles. The van der Waals surface area contributed by atoms with Gasteiger partial charge in [0, 0.05) is 34.1 Å². The van der Waals surface area contributed by atoms with Crippen molar-refractivity contribution >= 4 is 21.9 Å². The highest BCUT2D eigenvalue weighted by Gasteiger charge is 2.36. The van der Waals surface area contributed by atoms with Gasteiger partial charge in [0.2, 0.25) is 0 Å². The van der Waals surface area contributed by atoms with Crippen molar-refractivity contribution in [1.29, 1.82) is 0 Å². The summed E-state index contributed by atoms with van der Waals surface area (Å²) in [6.45, 7) is 4.56. The topological polar surface area (TPSA) is 77.6 Å². The van der Waals surface area contributed by atoms with E-state index >= 15 is 0 Å². The SMILES string of the molecule is CC1(C)c2ccccc2-c2cc3c(cc21)oc1cccc(-c2nc(-c4ccccn4)nc(-c4ccccn4)n2)c13. The smallest absolute Gasteiger partial charge is 0.182 e. The quantitative estimate of drug-likeness (QED) is 0.237. The second kappa shape index (κ2) is 8.38. The van der Waals surface area contributed by atoms with E-state index in [0.29, 0.717) is 28.9 Å². The number of benzene rings is 3. The zero-order valence-electron chi connectivity index (χ0n) is 22.0. The van der Waals surface area contributed by atoms with E-state index in [1.807, 2.05) is 54.6 Å². The van der Waals surface area contributed by atoms with Gasteiger partial charge in [-0.2, -0.15) is 0 Å². The molecule has 190 valence electrons. The van der Waals surface area contributed by atoms with Gasteiger partial charge in [-0.1, -0.05) is 62.4 Å². The van der Waals surface area contributed by atoms with Gasteiger partial charge in [0.15, 0.2) is 17.5 Å². The molecule has 0 radical (unpaired) electrons. The lowest BCUT2D eigenvalue weighted by molar-refractivity contribution is 0.647. The second-order valence-electron chi connectivity index (χ2n) is 10.6. The number of pyridine rings is 2. The van der Waals surface area contributed by atoms with E-state index in [0.717, 1.165) is 27.5 Å². The molecule has 0 N–H and O–H groups in total. The third-order valence-electron chi connectivity index (χ3n) is 7.86. The molecule has 1 aliphatic carbocycles. The normalized spacial score (nSPS) is 13.4. The second-order valence-corrected chi connectivity index (χ2v) is 10.6. The van der Waals surface area contributed by atoms with E-state index in [4.69, 9.17) is 19.4 Å². The average Bonchev–Trinajstić information content (AvgIpc) is 3.49. The fourth-order valence-electron chi connectivity index (χ4n) is 5.92. The molecule has 0 fully saturated rings. The molecule has 0 saturated carbocycles. The molecule has 40 heavy (non-hydrogen) atoms. The fourth-order valence-corrected chi connectivity index (χ4v) is 5.92. The largest absolute Gasteiger partial charge is 0.456 e. The van der Waals surface area contributed by atoms with Crippen LogP contribution in [0.2, 0.25) is 0 Å². The molecule has 0 aliphatic heterocycles. The van der Waals surface area contributed by atoms with Crippen LogP contribution in [0.3, 0.4) is 0 Å². The maximum Gasteiger partial charge on any atom is 0.182 e. The summed E-state index contributed by atoms with van der Waals surface area (Å²) >= 11 is 0. The predicted octanol–water partition coefficient (Wildman–Crippen LogP) is 7.87. The summed E-state index contributed by atoms with van der Waals surface area (Å²) in [5.41, 5.74) is 8.87. The number of aromatic nitrogens is 5. The van der Waals surface area contributed by atoms with Gasteiger partial charge >= 0.3 is 0 Å². The number of fused-ring (bicyclic) bond motifs is 6. The molecular formula is C34H23N5O. The summed E-state index contributed by atoms with van der Waals surface area (Å²) in [6.07, 6.45) is 3.48. The van der Waals surface area contributed by atoms with Crippen LogP contribution in [0.15, 0.2) is 108 Å². The van der Waals surface area contributed by atoms with Gasteiger partial charge in [0.25, 0.3) is 0 Å². The number of hydrogen-bond acceptors (Lipinski definition) is 6. The summed E-state index contributed by atoms with van der Waals surface area (Å²) < 4.78 is 6.47. The number of rotatable bonds is 3. The van der Waals surface area contributed by atoms with E-state index in [1.165, 1.54) is 22.3 Å². The van der Waals surface area contributed by atoms with Crippen LogP contribution < -0.4 is 0 Å². The minimum absolute atomic E-state index is 0.106. The molecule has 7 aromatic rings. The Hall–Kier alpha value is -5.23. The standard InChI is InChI=1S/C34H23N5O/c1-34(2)24-12-4-3-10-20(24)22-18-23-29(19-25(22)34)40-28-15-9-11-21(30(23)28)31-37-32(26-13-5-7-16-35-26)39-33(38-31)27-14-6-8-17-36-27/h3-19H,1-2H3. The van der Waals surface area contributed by atoms with E-state index in [9.17, 15) is 0 Å². The highest BCUT2D eigenvalue weighted by Crippen LogP contribution is 2.51. The lowest BCUT2D eigenvalue weighted by Crippen LogP contribution is -2.14. The van der Waals surface area contributed by atoms with Crippen molar-refractivity contribution in [2.45, 2.75) is 19.3 Å². The van der Waals surface area contributed by atoms with Crippen molar-refractivity contribution in [2.24, 2.45) is 0 Å². The van der Waals surface area contributed by atoms with Gasteiger partial charge in [0.1, 0.15) is 22.6 Å². The maximum absolute atomic E-state index is 6.47. The Morgan fingerprint density at radius 2 is 1.20 bits per heavy atom. The molecule has 0 spiro atoms. The first-order valence-electron chi connectivity index (χ1n) is 13.3. The highest BCUT2D eigenvalue weighted by atomic mass is 16.3. The zero-order valence-corrected chi connectivity index (χ0v) is 22.0. The van der Waals surface area contributed by atoms with Crippen molar-refractivity contribution in [3.63, 3.8) is 0 Å². The van der Waals surface area contributed by atoms with Crippen LogP contribution in [0.1, 0.15) is 25.0 Å². The first-order chi connectivity index (χ1) is 19.6. The summed E-state index contributed by atoms with van der Waals surface area (Å²) in [6, 6.07) is 30.6. The molecule has 6 heteroatoms. The van der Waals surface area contributed by atoms with E-state index < -0.39 is 0 Å². The lowest BCUT2D eigenvalue weighted by Gasteiger charge is -2.21. The van der Waals surface area contributed by atoms with Crippen LogP contribution in [0.4, 0.5) is 0 Å². The maximum atomic E-state index is 6.47. The van der Waals surface area contributed by atoms with Crippen molar-refractivity contribution < 1.29 is 4.42 Å². The third kappa shape index (κ3) is 3.32. The van der Waals surface area contributed by atoms with Crippen LogP contribution >= 0.6 is 0 Å². The summed E-state index contributed by atoms with van der Waals surface area (Å²) in [5.74, 6) is 1.53. The van der Waals surface area contributed by atoms with E-state index in [-0.39, 0.29) is 5.41 Å². The van der Waals surface area contributed by atoms with Gasteiger partial charge in [-0.3, -0.25) is 9.97 Å². The minimum Gasteiger partial charge on any atom is -0.456 e. The van der Waals surface area contributed by atoms with Crippen LogP contribution in [0.25, 0.3) is 67.5 Å². The Bertz CT molecular complexity index is 2020. The zero-order chi connectivity index (χ0) is 26.8. The van der Waals surface area contributed by atoms with Crippen molar-refractivity contribution in [2.75, 3.05) is 0 Å². The molecule has 1 aliphatic rings. The Morgan fingerprint density at radius 1 is 0.550 bits per heavy atom. The molecule has 0 saturated heterocycles. The molecule has 8 rings (SSSR count). The molecule has 0 bridgehead atoms. The van der Waals surface area contributed by atoms with Crippen molar-refractivity contribution in [3.8, 4) is 45.6 Å². The molecule has 4 aromatic heterocycles. The molecule has 0 amide bonds. The average molecular weight is 518 g/mol. The van der Waals surface area contributed by atoms with Crippen LogP contribution in [0, 0.1) is 0 Å². The first-order valence-corrected chi connectivity index (χ1v) is 13.3. The monoisotopic (exact) mass is 517 g/mol. The lowest BCUT2D eigenvalue weighted by atomic mass is 9.82. The third-order valence-corrected chi connectivity index (χ3v) is 7.86. The van der Waals surface area contributed by atoms with Gasteiger partial charge in [-0.25, -0.2) is 15.0 Å². The molecule has 0 atom stereocenters. The first kappa shape index (κ1) is 22.7. The Labute approximate surface area is 230 Å². The Balaban J connectivity index is 1.41. The van der Waals surface area contributed by atoms with Crippen LogP contribution in [-0.4, -0.2) is 24.9 Å². The van der Waals surface area contributed by atoms with E-state index in [2.05, 4.69) is 60.2 Å². The van der Waals surface area contributed by atoms with Crippen molar-refractivity contribution in [3.05, 3.63) is 115 Å². The summed E-state index contributed by atoms with van der Waals surface area (Å²) in [7, 11) is 0. The molecule has 0 unspecified atom stereocenters. The molecular weight excluding hydrogens is 494 g/mol. The fraction of sp³-hybridized carbons (Fsp3) is 0.0882. The molecule has 6 nitrogen and oxygen atoms in total. The van der Waals surface area contributed by atoms with Gasteiger partial charge in [-0.05, 0) is 64.7 Å². The minimum atomic E-state index is -0.106. The van der Waals surface area contributed by atoms with Gasteiger partial charge in [-0.15, -0.1) is 0 Å². The molecule has 4 heterocycles. The number of furan rings is 1. The number of nitrogens with zero attached hydrogens (tertiary/aromatic N) is 5. The predicted molar refractivity (Wildman–Crippen MR) is 157 cm³/mol. The van der Waals surface area contributed by atoms with Gasteiger partial charge < -0.3 is 4.42 Å². The summed E-state index contributed by atoms with van der Waals surface area (Å²) in [5, 5.41) is 2.02. The van der Waals surface area contributed by atoms with Gasteiger partial charge in [0.05, 0.1) is 0 Å². The Kier molecular flexibility index (Phi) is 4.76. The van der Waals surface area contributed by atoms with Crippen LogP contribution in [0.5, 0.6) is 0 Å².